The third-order valence-corrected chi connectivity index (χ3v) is 21.6. The molecule has 0 aliphatic rings. The zero-order chi connectivity index (χ0) is 63.2. The van der Waals surface area contributed by atoms with Crippen molar-refractivity contribution < 1.29 is 67.3 Å². The van der Waals surface area contributed by atoms with Gasteiger partial charge in [0.25, 0.3) is 0 Å². The van der Waals surface area contributed by atoms with Crippen LogP contribution in [0.5, 0.6) is 0 Å². The summed E-state index contributed by atoms with van der Waals surface area (Å²) in [4.78, 5) is 9.87. The summed E-state index contributed by atoms with van der Waals surface area (Å²) in [6.45, 7) is 8.99. The van der Waals surface area contributed by atoms with Crippen LogP contribution in [0.2, 0.25) is 1.41 Å². The number of nitrogens with one attached hydrogen (secondary N) is 4. The molecule has 0 fully saturated rings. The van der Waals surface area contributed by atoms with E-state index in [1.165, 1.54) is 88.5 Å². The van der Waals surface area contributed by atoms with Crippen LogP contribution in [0.25, 0.3) is 0 Å². The highest BCUT2D eigenvalue weighted by atomic mass is 79.9. The number of aliphatic hydroxyl groups excluding tert-OH is 2. The number of unbranched alkanes of at least 4 members (excludes halogenated alkanes) is 3. The zero-order valence-electron chi connectivity index (χ0n) is 48.0. The third kappa shape index (κ3) is 27.8. The fraction of sp³-hybridized carbons (Fsp3) is 0.407. The molecule has 462 valence electrons. The van der Waals surface area contributed by atoms with E-state index in [4.69, 9.17) is 16.2 Å². The Morgan fingerprint density at radius 3 is 1.06 bits per heavy atom. The van der Waals surface area contributed by atoms with Gasteiger partial charge in [-0.2, -0.15) is 8.61 Å². The zero-order valence-corrected chi connectivity index (χ0v) is 54.3. The number of halogens is 1. The molecule has 0 aromatic heterocycles. The Morgan fingerprint density at radius 1 is 0.458 bits per heavy atom. The molecule has 0 aliphatic heterocycles. The van der Waals surface area contributed by atoms with E-state index in [-0.39, 0.29) is 102 Å². The quantitative estimate of drug-likeness (QED) is 0.0125. The van der Waals surface area contributed by atoms with Gasteiger partial charge in [-0.05, 0) is 127 Å². The summed E-state index contributed by atoms with van der Waals surface area (Å²) in [5, 5.41) is 19.7. The van der Waals surface area contributed by atoms with Gasteiger partial charge in [0.15, 0.2) is 9.80 Å². The van der Waals surface area contributed by atoms with Gasteiger partial charge in [-0.1, -0.05) is 117 Å². The smallest absolute Gasteiger partial charge is 0.243 e. The summed E-state index contributed by atoms with van der Waals surface area (Å²) in [5.41, 5.74) is 4.44. The van der Waals surface area contributed by atoms with Crippen molar-refractivity contribution in [3.63, 3.8) is 0 Å². The van der Waals surface area contributed by atoms with Gasteiger partial charge in [0.1, 0.15) is 1.41 Å². The minimum atomic E-state index is -4.03. The number of benzene rings is 5. The summed E-state index contributed by atoms with van der Waals surface area (Å²) >= 11 is 7.22. The van der Waals surface area contributed by atoms with Crippen LogP contribution in [0.3, 0.4) is 0 Å². The molecule has 0 saturated heterocycles. The van der Waals surface area contributed by atoms with E-state index in [2.05, 4.69) is 42.3 Å². The summed E-state index contributed by atoms with van der Waals surface area (Å²) in [6.07, 6.45) is 4.89. The topological polar surface area (TPSA) is 320 Å². The van der Waals surface area contributed by atoms with E-state index < -0.39 is 59.9 Å². The van der Waals surface area contributed by atoms with E-state index in [1.807, 2.05) is 34.6 Å². The SMILES string of the molecule is Cc1ccc(S(=O)(=O)NCCN(CCNS(=O)(=O)c2ccc(C)cc2)S(=O)(=O)c2ccc(C)cc2)cc1.O=CS(=O)(O)=C=S.OCCCCCCBr.[3H]N(CCNS(=O)(=O)c1ccc(C)cc1)CCN(CCCO)S(=O)(=O)c1ccc(C)cc1. The number of nitrogens with zero attached hydrogens (tertiary/aromatic N) is 2. The van der Waals surface area contributed by atoms with Gasteiger partial charge in [0.05, 0.1) is 24.5 Å². The number of carbonyl (C=O) groups is 1. The number of alkyl halides is 1. The normalized spacial score (nSPS) is 12.8. The van der Waals surface area contributed by atoms with Crippen molar-refractivity contribution in [2.75, 3.05) is 77.4 Å². The average molecular weight is 1360 g/mol. The first-order valence-electron chi connectivity index (χ1n) is 26.3. The highest BCUT2D eigenvalue weighted by Crippen LogP contribution is 2.19. The molecule has 0 amide bonds. The number of carbonyl (C=O) groups excluding carboxylic acids is 1. The highest BCUT2D eigenvalue weighted by Gasteiger charge is 2.27. The molecule has 5 rings (SSSR count). The number of aryl methyl sites for hydroxylation is 5. The Balaban J connectivity index is 0.000000463. The van der Waals surface area contributed by atoms with Gasteiger partial charge < -0.3 is 20.1 Å². The number of rotatable bonds is 31. The van der Waals surface area contributed by atoms with Crippen molar-refractivity contribution in [2.45, 2.75) is 91.2 Å². The molecule has 0 bridgehead atoms. The standard InChI is InChI=1S/C25H31N3O6S3.C21H31N3O5S2.C6H13BrO.C2H2O3S2/c1-20-4-10-23(11-5-20)35(29,30)26-16-18-28(37(33,34)25-14-8-22(3)9-15-25)19-17-27-36(31,32)24-12-6-21(2)7-13-24;1-18-4-8-20(9-5-18)30(26,27)23-13-12-22-14-16-24(15-3-17-25)31(28,29)21-10-6-19(2)7-11-21;7-5-3-1-2-4-6-8;3-1-7(4,5)2-6/h4-15,26-27H,16-19H2,1-3H3;4-11,22-23,25H,3,12-17H2,1-2H3;8H,1-6H2;1H,(H,4,5)/i/hT. The minimum absolute atomic E-state index is 0.0149. The first-order chi connectivity index (χ1) is 39.4. The third-order valence-electron chi connectivity index (χ3n) is 11.5. The fourth-order valence-corrected chi connectivity index (χ4v) is 13.3. The van der Waals surface area contributed by atoms with Crippen molar-refractivity contribution in [2.24, 2.45) is 0 Å². The molecule has 0 aliphatic carbocycles. The average Bonchev–Trinajstić information content (AvgIpc) is 3.66. The summed E-state index contributed by atoms with van der Waals surface area (Å²) in [6, 6.07) is 31.8. The largest absolute Gasteiger partial charge is 0.396 e. The molecule has 0 heterocycles. The Morgan fingerprint density at radius 2 is 0.759 bits per heavy atom. The molecule has 7 N–H and O–H groups in total. The first kappa shape index (κ1) is 73.0. The lowest BCUT2D eigenvalue weighted by atomic mass is 10.2. The van der Waals surface area contributed by atoms with Crippen LogP contribution in [0.15, 0.2) is 146 Å². The van der Waals surface area contributed by atoms with E-state index >= 15 is 0 Å². The minimum Gasteiger partial charge on any atom is -0.396 e. The molecular weight excluding hydrogens is 1280 g/mol. The maximum atomic E-state index is 13.3. The van der Waals surface area contributed by atoms with Crippen molar-refractivity contribution >= 4 is 98.0 Å². The first-order valence-corrected chi connectivity index (χ1v) is 36.3. The summed E-state index contributed by atoms with van der Waals surface area (Å²) in [7, 11) is -22.7. The number of hydrogen-bond acceptors (Lipinski definition) is 16. The van der Waals surface area contributed by atoms with Gasteiger partial charge in [0, 0.05) is 81.8 Å². The predicted octanol–water partition coefficient (Wildman–Crippen LogP) is 5.51. The van der Waals surface area contributed by atoms with Crippen LogP contribution in [0, 0.1) is 34.6 Å². The van der Waals surface area contributed by atoms with Crippen LogP contribution in [-0.2, 0) is 64.7 Å². The fourth-order valence-electron chi connectivity index (χ4n) is 6.81. The van der Waals surface area contributed by atoms with Gasteiger partial charge in [-0.3, -0.25) is 4.79 Å². The Bertz CT molecular complexity index is 3440. The van der Waals surface area contributed by atoms with Gasteiger partial charge in [-0.25, -0.2) is 60.5 Å². The summed E-state index contributed by atoms with van der Waals surface area (Å²) < 4.78 is 165. The Kier molecular flexibility index (Phi) is 32.9. The van der Waals surface area contributed by atoms with Crippen molar-refractivity contribution in [3.05, 3.63) is 149 Å². The molecule has 5 aromatic carbocycles. The number of aliphatic hydroxyl groups is 2. The molecule has 5 aromatic rings. The van der Waals surface area contributed by atoms with Gasteiger partial charge in [-0.15, -0.1) is 0 Å². The number of sulfonamides is 5. The van der Waals surface area contributed by atoms with Crippen LogP contribution in [-0.4, -0.2) is 157 Å². The van der Waals surface area contributed by atoms with Gasteiger partial charge >= 0.3 is 0 Å². The second-order valence-corrected chi connectivity index (χ2v) is 30.4. The van der Waals surface area contributed by atoms with E-state index in [1.54, 1.807) is 60.7 Å². The summed E-state index contributed by atoms with van der Waals surface area (Å²) in [5.74, 6) is 0. The van der Waals surface area contributed by atoms with Crippen molar-refractivity contribution in [3.8, 4) is 0 Å². The lowest BCUT2D eigenvalue weighted by Crippen LogP contribution is -2.42. The van der Waals surface area contributed by atoms with Crippen LogP contribution in [0.4, 0.5) is 0 Å². The molecule has 0 radical (unpaired) electrons. The van der Waals surface area contributed by atoms with E-state index in [9.17, 15) is 51.1 Å². The Labute approximate surface area is 507 Å². The second-order valence-electron chi connectivity index (χ2n) is 18.4. The van der Waals surface area contributed by atoms with Crippen LogP contribution >= 0.6 is 28.1 Å². The Hall–Kier alpha value is -4.21. The molecule has 83 heavy (non-hydrogen) atoms. The van der Waals surface area contributed by atoms with Crippen LogP contribution < -0.4 is 19.5 Å². The number of thiocarbonyl (C=S) groups is 1. The highest BCUT2D eigenvalue weighted by molar-refractivity contribution is 9.09. The lowest BCUT2D eigenvalue weighted by molar-refractivity contribution is 0.269. The molecule has 0 spiro atoms. The molecule has 1 atom stereocenters. The van der Waals surface area contributed by atoms with Crippen molar-refractivity contribution in [1.82, 2.24) is 28.1 Å². The maximum absolute atomic E-state index is 13.3. The molecule has 29 heteroatoms. The van der Waals surface area contributed by atoms with E-state index in [0.717, 1.165) is 49.2 Å². The predicted molar refractivity (Wildman–Crippen MR) is 333 cm³/mol. The number of hydrogen-bond donors (Lipinski definition) is 7. The van der Waals surface area contributed by atoms with Crippen LogP contribution in [0.1, 0.15) is 59.9 Å². The lowest BCUT2D eigenvalue weighted by Gasteiger charge is -2.23. The second kappa shape index (κ2) is 37.4. The molecule has 0 saturated carbocycles. The maximum Gasteiger partial charge on any atom is 0.243 e. The molecule has 21 nitrogen and oxygen atoms in total. The molecule has 1 unspecified atom stereocenters. The van der Waals surface area contributed by atoms with E-state index in [0.29, 0.717) is 6.61 Å². The van der Waals surface area contributed by atoms with Gasteiger partial charge in [0.2, 0.25) is 55.7 Å². The monoisotopic (exact) mass is 1350 g/mol. The molecular formula is C54H77BrN6O15S7. The van der Waals surface area contributed by atoms with Crippen molar-refractivity contribution in [1.29, 1.82) is 0 Å².